The number of carbonyl (C=O) groups excluding carboxylic acids is 4. The number of esters is 1. The molecule has 4 aromatic rings. The van der Waals surface area contributed by atoms with Crippen molar-refractivity contribution in [1.82, 2.24) is 24.9 Å². The van der Waals surface area contributed by atoms with E-state index in [0.29, 0.717) is 53.0 Å². The number of fused-ring (bicyclic) bond motifs is 3. The molecule has 0 saturated heterocycles. The number of ketones is 1. The Kier molecular flexibility index (Phi) is 19.9. The van der Waals surface area contributed by atoms with Gasteiger partial charge in [0.2, 0.25) is 5.91 Å². The van der Waals surface area contributed by atoms with E-state index in [4.69, 9.17) is 14.2 Å². The van der Waals surface area contributed by atoms with Crippen LogP contribution in [0.1, 0.15) is 118 Å². The van der Waals surface area contributed by atoms with Crippen LogP contribution < -0.4 is 14.8 Å². The number of carbonyl (C=O) groups is 4. The van der Waals surface area contributed by atoms with Crippen molar-refractivity contribution in [1.29, 1.82) is 0 Å². The van der Waals surface area contributed by atoms with E-state index < -0.39 is 6.04 Å². The van der Waals surface area contributed by atoms with E-state index in [1.54, 1.807) is 45.2 Å². The Balaban J connectivity index is 0.000000171. The van der Waals surface area contributed by atoms with Gasteiger partial charge in [0.05, 0.1) is 50.7 Å². The van der Waals surface area contributed by atoms with Crippen LogP contribution in [0.4, 0.5) is 0 Å². The first kappa shape index (κ1) is 63.6. The minimum atomic E-state index is -0.773. The largest absolute Gasteiger partial charge is 0.496 e. The fourth-order valence-electron chi connectivity index (χ4n) is 11.6. The molecule has 1 N–H and O–H groups in total. The lowest BCUT2D eigenvalue weighted by Crippen LogP contribution is -2.43. The molecule has 452 valence electrons. The molecule has 2 amide bonds. The summed E-state index contributed by atoms with van der Waals surface area (Å²) >= 11 is 0. The monoisotopic (exact) mass is 1160 g/mol. The van der Waals surface area contributed by atoms with Crippen molar-refractivity contribution in [3.05, 3.63) is 238 Å². The summed E-state index contributed by atoms with van der Waals surface area (Å²) in [6.45, 7) is 23.6. The molecule has 3 aliphatic carbocycles. The number of hydrogen-bond donors (Lipinski definition) is 1. The SMILES string of the molecule is CN(Cc1ccccc1)C(=O)C(NC(=O)C1=CC2C=C(C(C)(C)C)C=CC2N1C)c1ccccc1.COC(=O)c1ccc(CN2C=CC3C=C(C(C)(C)C)C=CC32)c(OC)c1.COc1cc(C(C)=O)ccc1CN1C=CC2C=C(C(C)(C)C)C=CC21. The van der Waals surface area contributed by atoms with E-state index in [9.17, 15) is 19.2 Å². The number of benzene rings is 4. The van der Waals surface area contributed by atoms with Gasteiger partial charge < -0.3 is 39.1 Å². The summed E-state index contributed by atoms with van der Waals surface area (Å²) < 4.78 is 15.8. The van der Waals surface area contributed by atoms with E-state index >= 15 is 0 Å². The van der Waals surface area contributed by atoms with Gasteiger partial charge in [-0.05, 0) is 87.7 Å². The van der Waals surface area contributed by atoms with Crippen molar-refractivity contribution in [3.63, 3.8) is 0 Å². The van der Waals surface area contributed by atoms with Crippen molar-refractivity contribution in [3.8, 4) is 11.5 Å². The van der Waals surface area contributed by atoms with Gasteiger partial charge in [-0.1, -0.05) is 208 Å². The lowest BCUT2D eigenvalue weighted by atomic mass is 9.80. The smallest absolute Gasteiger partial charge is 0.337 e. The molecule has 12 nitrogen and oxygen atoms in total. The number of allylic oxidation sites excluding steroid dienone is 6. The van der Waals surface area contributed by atoms with E-state index in [1.165, 1.54) is 23.8 Å². The predicted octanol–water partition coefficient (Wildman–Crippen LogP) is 14.0. The summed E-state index contributed by atoms with van der Waals surface area (Å²) in [5.74, 6) is 1.74. The van der Waals surface area contributed by atoms with Gasteiger partial charge in [-0.15, -0.1) is 0 Å². The lowest BCUT2D eigenvalue weighted by Gasteiger charge is -2.32. The molecule has 0 fully saturated rings. The van der Waals surface area contributed by atoms with Crippen LogP contribution in [-0.2, 0) is 34.0 Å². The second kappa shape index (κ2) is 26.9. The molecule has 0 radical (unpaired) electrons. The molecule has 0 saturated carbocycles. The summed E-state index contributed by atoms with van der Waals surface area (Å²) in [5, 5.41) is 3.04. The molecular weight excluding hydrogens is 1070 g/mol. The molecule has 3 aliphatic heterocycles. The van der Waals surface area contributed by atoms with Gasteiger partial charge in [0.25, 0.3) is 5.91 Å². The maximum atomic E-state index is 13.5. The van der Waals surface area contributed by atoms with Crippen molar-refractivity contribution in [2.75, 3.05) is 35.4 Å². The number of rotatable bonds is 14. The second-order valence-electron chi connectivity index (χ2n) is 26.2. The molecule has 0 bridgehead atoms. The summed E-state index contributed by atoms with van der Waals surface area (Å²) in [7, 11) is 8.38. The lowest BCUT2D eigenvalue weighted by molar-refractivity contribution is -0.135. The quantitative estimate of drug-likeness (QED) is 0.0965. The number of ether oxygens (including phenoxy) is 3. The molecule has 6 aliphatic rings. The number of hydrogen-bond acceptors (Lipinski definition) is 10. The zero-order valence-corrected chi connectivity index (χ0v) is 53.1. The molecule has 7 atom stereocenters. The molecule has 0 aromatic heterocycles. The van der Waals surface area contributed by atoms with E-state index in [1.807, 2.05) is 103 Å². The van der Waals surface area contributed by atoms with E-state index in [-0.39, 0.29) is 51.8 Å². The van der Waals surface area contributed by atoms with Crippen LogP contribution in [0.5, 0.6) is 11.5 Å². The maximum absolute atomic E-state index is 13.5. The Hall–Kier alpha value is -8.38. The average Bonchev–Trinajstić information content (AvgIpc) is 2.68. The number of likely N-dealkylation sites (N-methyl/N-ethyl adjacent to an activating group) is 2. The van der Waals surface area contributed by atoms with Crippen LogP contribution in [0.25, 0.3) is 0 Å². The summed E-state index contributed by atoms with van der Waals surface area (Å²) in [5.41, 5.74) is 10.1. The van der Waals surface area contributed by atoms with Gasteiger partial charge in [0.1, 0.15) is 17.5 Å². The average molecular weight is 1160 g/mol. The molecule has 12 heteroatoms. The Labute approximate surface area is 511 Å². The van der Waals surface area contributed by atoms with Gasteiger partial charge in [-0.25, -0.2) is 4.79 Å². The van der Waals surface area contributed by atoms with Crippen molar-refractivity contribution >= 4 is 23.6 Å². The molecule has 3 heterocycles. The minimum absolute atomic E-state index is 0.0487. The van der Waals surface area contributed by atoms with Crippen LogP contribution in [0.2, 0.25) is 0 Å². The molecule has 10 rings (SSSR count). The third-order valence-electron chi connectivity index (χ3n) is 16.9. The molecule has 7 unspecified atom stereocenters. The van der Waals surface area contributed by atoms with Gasteiger partial charge in [-0.2, -0.15) is 0 Å². The fraction of sp³-hybridized carbons (Fsp3) is 0.378. The van der Waals surface area contributed by atoms with E-state index in [0.717, 1.165) is 41.1 Å². The summed E-state index contributed by atoms with van der Waals surface area (Å²) in [6.07, 6.45) is 31.4. The highest BCUT2D eigenvalue weighted by molar-refractivity contribution is 5.97. The molecular formula is C74H89N5O7. The number of amides is 2. The molecule has 0 spiro atoms. The standard InChI is InChI=1S/C30H35N3O2.C22H27NO3.C22H27NO2/c1-30(2,3)24-16-17-25-23(18-24)19-26(33(25)5)28(34)31-27(22-14-10-7-11-15-22)29(35)32(4)20-21-12-8-6-9-13-21;1-22(2,3)18-8-9-19-15(12-18)10-11-23(19)14-17-7-6-16(21(24)26-5)13-20(17)25-4;1-15(24)16-6-7-18(21(13-16)25-5)14-23-11-10-17-12-19(22(2,3)4)8-9-20(17)23/h6-19,23,25,27H,20H2,1-5H3,(H,31,34);6-13,15,19H,14H2,1-5H3;6-13,17,20H,14H2,1-5H3. The second-order valence-corrected chi connectivity index (χ2v) is 26.2. The first-order chi connectivity index (χ1) is 40.8. The van der Waals surface area contributed by atoms with Crippen molar-refractivity contribution in [2.24, 2.45) is 34.0 Å². The van der Waals surface area contributed by atoms with Crippen molar-refractivity contribution < 1.29 is 33.4 Å². The highest BCUT2D eigenvalue weighted by Crippen LogP contribution is 2.41. The number of nitrogens with one attached hydrogen (secondary N) is 1. The highest BCUT2D eigenvalue weighted by atomic mass is 16.5. The summed E-state index contributed by atoms with van der Waals surface area (Å²) in [6, 6.07) is 30.5. The summed E-state index contributed by atoms with van der Waals surface area (Å²) in [4.78, 5) is 58.7. The Morgan fingerprint density at radius 1 is 0.570 bits per heavy atom. The zero-order chi connectivity index (χ0) is 62.3. The molecule has 86 heavy (non-hydrogen) atoms. The Morgan fingerprint density at radius 3 is 1.49 bits per heavy atom. The van der Waals surface area contributed by atoms with Crippen molar-refractivity contribution in [2.45, 2.75) is 113 Å². The Bertz CT molecular complexity index is 3420. The van der Waals surface area contributed by atoms with Gasteiger partial charge in [-0.3, -0.25) is 14.4 Å². The van der Waals surface area contributed by atoms with Gasteiger partial charge in [0, 0.05) is 68.2 Å². The first-order valence-corrected chi connectivity index (χ1v) is 29.9. The van der Waals surface area contributed by atoms with Crippen LogP contribution >= 0.6 is 0 Å². The Morgan fingerprint density at radius 2 is 1.02 bits per heavy atom. The minimum Gasteiger partial charge on any atom is -0.496 e. The van der Waals surface area contributed by atoms with Gasteiger partial charge in [0.15, 0.2) is 5.78 Å². The van der Waals surface area contributed by atoms with Crippen LogP contribution in [0, 0.1) is 34.0 Å². The number of nitrogens with zero attached hydrogens (tertiary/aromatic N) is 4. The maximum Gasteiger partial charge on any atom is 0.337 e. The third-order valence-corrected chi connectivity index (χ3v) is 16.9. The normalized spacial score (nSPS) is 21.0. The number of Topliss-reactive ketones (excluding diaryl/α,β-unsaturated/α-hetero) is 1. The topological polar surface area (TPSA) is 121 Å². The van der Waals surface area contributed by atoms with E-state index in [2.05, 4.69) is 157 Å². The van der Waals surface area contributed by atoms with Gasteiger partial charge >= 0.3 is 5.97 Å². The van der Waals surface area contributed by atoms with Crippen LogP contribution in [-0.4, -0.2) is 96.7 Å². The highest BCUT2D eigenvalue weighted by Gasteiger charge is 2.38. The fourth-order valence-corrected chi connectivity index (χ4v) is 11.6. The number of methoxy groups -OCH3 is 3. The zero-order valence-electron chi connectivity index (χ0n) is 53.1. The third kappa shape index (κ3) is 15.2. The van der Waals surface area contributed by atoms with Crippen LogP contribution in [0.3, 0.4) is 0 Å². The van der Waals surface area contributed by atoms with Crippen LogP contribution in [0.15, 0.2) is 205 Å². The first-order valence-electron chi connectivity index (χ1n) is 29.9. The molecule has 4 aromatic carbocycles. The predicted molar refractivity (Wildman–Crippen MR) is 345 cm³/mol.